The van der Waals surface area contributed by atoms with Gasteiger partial charge >= 0.3 is 0 Å². The SMILES string of the molecule is CC1CCC(CN)(N2CCC(N(C)C)CC2)CC1. The maximum atomic E-state index is 6.16. The van der Waals surface area contributed by atoms with Crippen molar-refractivity contribution in [1.82, 2.24) is 9.80 Å². The minimum absolute atomic E-state index is 0.337. The van der Waals surface area contributed by atoms with Gasteiger partial charge in [-0.25, -0.2) is 0 Å². The number of nitrogens with zero attached hydrogens (tertiary/aromatic N) is 2. The van der Waals surface area contributed by atoms with Crippen LogP contribution >= 0.6 is 0 Å². The Labute approximate surface area is 113 Å². The third-order valence-electron chi connectivity index (χ3n) is 5.45. The summed E-state index contributed by atoms with van der Waals surface area (Å²) in [5, 5.41) is 0. The number of hydrogen-bond donors (Lipinski definition) is 1. The quantitative estimate of drug-likeness (QED) is 0.834. The smallest absolute Gasteiger partial charge is 0.0331 e. The van der Waals surface area contributed by atoms with E-state index in [0.717, 1.165) is 18.5 Å². The second-order valence-electron chi connectivity index (χ2n) is 6.79. The molecule has 0 amide bonds. The average molecular weight is 253 g/mol. The maximum absolute atomic E-state index is 6.16. The lowest BCUT2D eigenvalue weighted by molar-refractivity contribution is 0.0118. The molecular weight excluding hydrogens is 222 g/mol. The summed E-state index contributed by atoms with van der Waals surface area (Å²) >= 11 is 0. The minimum atomic E-state index is 0.337. The second-order valence-corrected chi connectivity index (χ2v) is 6.79. The highest BCUT2D eigenvalue weighted by Crippen LogP contribution is 2.37. The first-order chi connectivity index (χ1) is 8.57. The van der Waals surface area contributed by atoms with E-state index in [4.69, 9.17) is 5.73 Å². The predicted octanol–water partition coefficient (Wildman–Crippen LogP) is 1.92. The van der Waals surface area contributed by atoms with Gasteiger partial charge in [-0.1, -0.05) is 6.92 Å². The van der Waals surface area contributed by atoms with Gasteiger partial charge < -0.3 is 10.6 Å². The molecule has 106 valence electrons. The molecule has 0 aromatic heterocycles. The molecule has 2 fully saturated rings. The zero-order chi connectivity index (χ0) is 13.2. The Hall–Kier alpha value is -0.120. The van der Waals surface area contributed by atoms with Gasteiger partial charge in [-0.3, -0.25) is 4.90 Å². The van der Waals surface area contributed by atoms with Crippen molar-refractivity contribution in [3.8, 4) is 0 Å². The molecule has 1 saturated heterocycles. The zero-order valence-electron chi connectivity index (χ0n) is 12.5. The molecule has 1 heterocycles. The Kier molecular flexibility index (Phi) is 4.68. The lowest BCUT2D eigenvalue weighted by Gasteiger charge is -2.50. The van der Waals surface area contributed by atoms with Crippen LogP contribution in [0.2, 0.25) is 0 Å². The standard InChI is InChI=1S/C15H31N3/c1-13-4-8-15(12-16,9-5-13)18-10-6-14(7-11-18)17(2)3/h13-14H,4-12,16H2,1-3H3. The molecule has 0 aromatic carbocycles. The molecule has 1 saturated carbocycles. The maximum Gasteiger partial charge on any atom is 0.0331 e. The van der Waals surface area contributed by atoms with E-state index in [1.54, 1.807) is 0 Å². The highest BCUT2D eigenvalue weighted by atomic mass is 15.2. The highest BCUT2D eigenvalue weighted by Gasteiger charge is 2.39. The van der Waals surface area contributed by atoms with Crippen LogP contribution < -0.4 is 5.73 Å². The Morgan fingerprint density at radius 3 is 2.11 bits per heavy atom. The van der Waals surface area contributed by atoms with Crippen LogP contribution in [0.15, 0.2) is 0 Å². The van der Waals surface area contributed by atoms with E-state index in [-0.39, 0.29) is 0 Å². The Balaban J connectivity index is 1.94. The van der Waals surface area contributed by atoms with Crippen molar-refractivity contribution < 1.29 is 0 Å². The van der Waals surface area contributed by atoms with Crippen LogP contribution in [0.1, 0.15) is 45.4 Å². The van der Waals surface area contributed by atoms with Gasteiger partial charge in [0.15, 0.2) is 0 Å². The van der Waals surface area contributed by atoms with Gasteiger partial charge in [0, 0.05) is 31.2 Å². The molecule has 2 rings (SSSR count). The first kappa shape index (κ1) is 14.3. The molecule has 1 aliphatic carbocycles. The lowest BCUT2D eigenvalue weighted by atomic mass is 9.75. The zero-order valence-corrected chi connectivity index (χ0v) is 12.5. The van der Waals surface area contributed by atoms with Crippen molar-refractivity contribution in [3.63, 3.8) is 0 Å². The molecule has 1 aliphatic heterocycles. The third-order valence-corrected chi connectivity index (χ3v) is 5.45. The number of rotatable bonds is 3. The van der Waals surface area contributed by atoms with Crippen LogP contribution in [0.3, 0.4) is 0 Å². The van der Waals surface area contributed by atoms with Crippen molar-refractivity contribution in [3.05, 3.63) is 0 Å². The minimum Gasteiger partial charge on any atom is -0.329 e. The number of hydrogen-bond acceptors (Lipinski definition) is 3. The van der Waals surface area contributed by atoms with E-state index >= 15 is 0 Å². The first-order valence-electron chi connectivity index (χ1n) is 7.69. The van der Waals surface area contributed by atoms with Gasteiger partial charge in [-0.2, -0.15) is 0 Å². The Morgan fingerprint density at radius 2 is 1.67 bits per heavy atom. The van der Waals surface area contributed by atoms with E-state index in [0.29, 0.717) is 5.54 Å². The summed E-state index contributed by atoms with van der Waals surface area (Å²) in [5.41, 5.74) is 6.49. The summed E-state index contributed by atoms with van der Waals surface area (Å²) < 4.78 is 0. The van der Waals surface area contributed by atoms with Crippen LogP contribution in [0.5, 0.6) is 0 Å². The molecule has 2 aliphatic rings. The fourth-order valence-electron chi connectivity index (χ4n) is 3.81. The third kappa shape index (κ3) is 2.89. The summed E-state index contributed by atoms with van der Waals surface area (Å²) in [5.74, 6) is 0.906. The van der Waals surface area contributed by atoms with Gasteiger partial charge in [-0.15, -0.1) is 0 Å². The van der Waals surface area contributed by atoms with Crippen molar-refractivity contribution in [2.75, 3.05) is 33.7 Å². The summed E-state index contributed by atoms with van der Waals surface area (Å²) in [4.78, 5) is 5.11. The molecule has 18 heavy (non-hydrogen) atoms. The van der Waals surface area contributed by atoms with Crippen LogP contribution in [-0.2, 0) is 0 Å². The van der Waals surface area contributed by atoms with Crippen molar-refractivity contribution in [2.45, 2.75) is 57.0 Å². The van der Waals surface area contributed by atoms with Gasteiger partial charge in [0.2, 0.25) is 0 Å². The van der Waals surface area contributed by atoms with E-state index in [1.165, 1.54) is 51.6 Å². The molecule has 3 heteroatoms. The average Bonchev–Trinajstić information content (AvgIpc) is 2.40. The molecule has 0 atom stereocenters. The summed E-state index contributed by atoms with van der Waals surface area (Å²) in [6.07, 6.45) is 7.98. The molecule has 0 bridgehead atoms. The largest absolute Gasteiger partial charge is 0.329 e. The monoisotopic (exact) mass is 253 g/mol. The van der Waals surface area contributed by atoms with E-state index < -0.39 is 0 Å². The fraction of sp³-hybridized carbons (Fsp3) is 1.00. The van der Waals surface area contributed by atoms with Gasteiger partial charge in [0.25, 0.3) is 0 Å². The molecular formula is C15H31N3. The van der Waals surface area contributed by atoms with E-state index in [1.807, 2.05) is 0 Å². The second kappa shape index (κ2) is 5.89. The van der Waals surface area contributed by atoms with Crippen molar-refractivity contribution in [2.24, 2.45) is 11.7 Å². The highest BCUT2D eigenvalue weighted by molar-refractivity contribution is 4.97. The molecule has 0 aromatic rings. The predicted molar refractivity (Wildman–Crippen MR) is 77.7 cm³/mol. The topological polar surface area (TPSA) is 32.5 Å². The van der Waals surface area contributed by atoms with E-state index in [2.05, 4.69) is 30.8 Å². The van der Waals surface area contributed by atoms with Gasteiger partial charge in [0.05, 0.1) is 0 Å². The van der Waals surface area contributed by atoms with Crippen LogP contribution in [0.25, 0.3) is 0 Å². The summed E-state index contributed by atoms with van der Waals surface area (Å²) in [6, 6.07) is 0.776. The molecule has 0 unspecified atom stereocenters. The van der Waals surface area contributed by atoms with Gasteiger partial charge in [-0.05, 0) is 58.5 Å². The Morgan fingerprint density at radius 1 is 1.11 bits per heavy atom. The van der Waals surface area contributed by atoms with Crippen LogP contribution in [0.4, 0.5) is 0 Å². The lowest BCUT2D eigenvalue weighted by Crippen LogP contribution is -2.59. The van der Waals surface area contributed by atoms with Gasteiger partial charge in [0.1, 0.15) is 0 Å². The number of piperidine rings is 1. The molecule has 0 spiro atoms. The van der Waals surface area contributed by atoms with Crippen molar-refractivity contribution >= 4 is 0 Å². The normalized spacial score (nSPS) is 36.2. The number of likely N-dealkylation sites (tertiary alicyclic amines) is 1. The van der Waals surface area contributed by atoms with E-state index in [9.17, 15) is 0 Å². The molecule has 0 radical (unpaired) electrons. The first-order valence-corrected chi connectivity index (χ1v) is 7.69. The van der Waals surface area contributed by atoms with Crippen molar-refractivity contribution in [1.29, 1.82) is 0 Å². The summed E-state index contributed by atoms with van der Waals surface area (Å²) in [6.45, 7) is 5.73. The Bertz CT molecular complexity index is 248. The number of nitrogens with two attached hydrogens (primary N) is 1. The fourth-order valence-corrected chi connectivity index (χ4v) is 3.81. The van der Waals surface area contributed by atoms with Crippen LogP contribution in [-0.4, -0.2) is 55.1 Å². The molecule has 2 N–H and O–H groups in total. The van der Waals surface area contributed by atoms with Crippen LogP contribution in [0, 0.1) is 5.92 Å². The summed E-state index contributed by atoms with van der Waals surface area (Å²) in [7, 11) is 4.42. The molecule has 3 nitrogen and oxygen atoms in total.